The van der Waals surface area contributed by atoms with Crippen LogP contribution in [0.5, 0.6) is 0 Å². The van der Waals surface area contributed by atoms with Crippen LogP contribution in [0.4, 0.5) is 33.3 Å². The predicted molar refractivity (Wildman–Crippen MR) is 144 cm³/mol. The van der Waals surface area contributed by atoms with Gasteiger partial charge in [0.05, 0.1) is 28.0 Å². The maximum Gasteiger partial charge on any atom is 0.417 e. The molecule has 1 aliphatic rings. The number of ketones is 1. The number of rotatable bonds is 4. The molecule has 0 atom stereocenters. The number of imidazole rings is 1. The van der Waals surface area contributed by atoms with Gasteiger partial charge in [-0.05, 0) is 42.3 Å². The van der Waals surface area contributed by atoms with E-state index in [1.165, 1.54) is 17.6 Å². The second-order valence-electron chi connectivity index (χ2n) is 10.1. The van der Waals surface area contributed by atoms with Crippen LogP contribution in [0.1, 0.15) is 33.0 Å². The van der Waals surface area contributed by atoms with Gasteiger partial charge in [0.2, 0.25) is 5.78 Å². The summed E-state index contributed by atoms with van der Waals surface area (Å²) < 4.78 is 81.0. The molecule has 12 heteroatoms. The van der Waals surface area contributed by atoms with E-state index in [0.29, 0.717) is 46.6 Å². The molecule has 212 valence electrons. The van der Waals surface area contributed by atoms with Crippen LogP contribution in [0, 0.1) is 11.6 Å². The van der Waals surface area contributed by atoms with Crippen LogP contribution < -0.4 is 10.6 Å². The summed E-state index contributed by atoms with van der Waals surface area (Å²) in [6, 6.07) is 7.47. The number of likely N-dealkylation sites (N-methyl/N-ethyl adjacent to an activating group) is 1. The summed E-state index contributed by atoms with van der Waals surface area (Å²) in [5, 5.41) is 0. The number of halogens is 5. The van der Waals surface area contributed by atoms with Crippen LogP contribution in [-0.2, 0) is 31.0 Å². The van der Waals surface area contributed by atoms with Crippen LogP contribution in [0.3, 0.4) is 0 Å². The van der Waals surface area contributed by atoms with Gasteiger partial charge >= 0.3 is 6.18 Å². The average molecular weight is 570 g/mol. The lowest BCUT2D eigenvalue weighted by Crippen LogP contribution is -2.24. The zero-order chi connectivity index (χ0) is 29.4. The number of alkyl halides is 3. The number of anilines is 2. The summed E-state index contributed by atoms with van der Waals surface area (Å²) in [6.07, 6.45) is -2.79. The summed E-state index contributed by atoms with van der Waals surface area (Å²) in [5.74, 6) is -2.39. The number of fused-ring (bicyclic) bond motifs is 4. The molecular formula is C29H24F5N5O2. The molecule has 0 aliphatic carbocycles. The predicted octanol–water partition coefficient (Wildman–Crippen LogP) is 5.74. The van der Waals surface area contributed by atoms with E-state index in [1.54, 1.807) is 41.9 Å². The minimum Gasteiger partial charge on any atom is -0.394 e. The van der Waals surface area contributed by atoms with Gasteiger partial charge in [-0.15, -0.1) is 0 Å². The topological polar surface area (TPSA) is 77.8 Å². The molecule has 0 fully saturated rings. The van der Waals surface area contributed by atoms with Gasteiger partial charge in [0.1, 0.15) is 35.3 Å². The third-order valence-electron chi connectivity index (χ3n) is 7.63. The number of methoxy groups -OCH3 is 1. The molecule has 7 nitrogen and oxygen atoms in total. The van der Waals surface area contributed by atoms with E-state index in [4.69, 9.17) is 10.5 Å². The van der Waals surface area contributed by atoms with Crippen molar-refractivity contribution in [3.05, 3.63) is 82.4 Å². The van der Waals surface area contributed by atoms with Crippen LogP contribution in [-0.4, -0.2) is 40.4 Å². The number of carbonyl (C=O) groups excluding carboxylic acids is 1. The highest BCUT2D eigenvalue weighted by molar-refractivity contribution is 6.11. The van der Waals surface area contributed by atoms with E-state index in [0.717, 1.165) is 18.2 Å². The van der Waals surface area contributed by atoms with Gasteiger partial charge < -0.3 is 24.3 Å². The Labute approximate surface area is 230 Å². The first-order chi connectivity index (χ1) is 19.4. The fourth-order valence-electron chi connectivity index (χ4n) is 5.65. The third kappa shape index (κ3) is 4.04. The second kappa shape index (κ2) is 9.30. The van der Waals surface area contributed by atoms with Crippen molar-refractivity contribution in [2.24, 2.45) is 7.05 Å². The molecule has 0 spiro atoms. The minimum atomic E-state index is -4.72. The van der Waals surface area contributed by atoms with E-state index in [1.807, 2.05) is 0 Å². The number of pyridine rings is 1. The molecule has 2 aromatic carbocycles. The molecule has 1 aliphatic heterocycles. The highest BCUT2D eigenvalue weighted by Crippen LogP contribution is 2.48. The van der Waals surface area contributed by atoms with Crippen LogP contribution in [0.2, 0.25) is 0 Å². The first-order valence-electron chi connectivity index (χ1n) is 12.6. The molecule has 0 radical (unpaired) electrons. The number of nitrogen functional groups attached to an aromatic ring is 1. The van der Waals surface area contributed by atoms with Gasteiger partial charge in [0, 0.05) is 50.6 Å². The number of nitrogens with zero attached hydrogens (tertiary/aromatic N) is 4. The van der Waals surface area contributed by atoms with Crippen LogP contribution >= 0.6 is 0 Å². The molecule has 0 amide bonds. The number of nitrogens with two attached hydrogens (primary N) is 1. The Morgan fingerprint density at radius 3 is 2.49 bits per heavy atom. The smallest absolute Gasteiger partial charge is 0.394 e. The molecule has 0 unspecified atom stereocenters. The van der Waals surface area contributed by atoms with E-state index in [2.05, 4.69) is 4.98 Å². The van der Waals surface area contributed by atoms with Crippen LogP contribution in [0.25, 0.3) is 27.7 Å². The molecule has 6 rings (SSSR count). The number of carbonyl (C=O) groups is 1. The van der Waals surface area contributed by atoms with Crippen molar-refractivity contribution in [3.63, 3.8) is 0 Å². The van der Waals surface area contributed by atoms with E-state index in [9.17, 15) is 26.7 Å². The van der Waals surface area contributed by atoms with E-state index < -0.39 is 34.8 Å². The zero-order valence-electron chi connectivity index (χ0n) is 22.2. The maximum atomic E-state index is 14.8. The van der Waals surface area contributed by atoms with Gasteiger partial charge in [-0.3, -0.25) is 4.79 Å². The van der Waals surface area contributed by atoms with E-state index in [-0.39, 0.29) is 29.0 Å². The summed E-state index contributed by atoms with van der Waals surface area (Å²) in [7, 11) is 4.83. The quantitative estimate of drug-likeness (QED) is 0.170. The fraction of sp³-hybridized carbons (Fsp3) is 0.241. The van der Waals surface area contributed by atoms with Crippen LogP contribution in [0.15, 0.2) is 42.6 Å². The minimum absolute atomic E-state index is 0.0568. The number of hydrogen-bond donors (Lipinski definition) is 1. The lowest BCUT2D eigenvalue weighted by Gasteiger charge is -2.28. The van der Waals surface area contributed by atoms with E-state index >= 15 is 0 Å². The molecule has 0 bridgehead atoms. The standard InChI is InChI=1S/C29H24F5N5O2/c1-37-8-6-14-11-21(28(40)15-9-18(30)24(35)19(31)10-15)39-7-4-5-16(26(14)39)23-17(29(32,33)34)12-20-25(27(23)37)36-22(13-41-3)38(20)2/h4-5,7,9-12H,6,8,13,35H2,1-3H3. The summed E-state index contributed by atoms with van der Waals surface area (Å²) in [6.45, 7) is 0.424. The van der Waals surface area contributed by atoms with Gasteiger partial charge in [-0.25, -0.2) is 13.8 Å². The summed E-state index contributed by atoms with van der Waals surface area (Å²) in [4.78, 5) is 19.9. The summed E-state index contributed by atoms with van der Waals surface area (Å²) >= 11 is 0. The number of aryl methyl sites for hydroxylation is 1. The number of hydrogen-bond acceptors (Lipinski definition) is 5. The first kappa shape index (κ1) is 26.8. The van der Waals surface area contributed by atoms with Crippen molar-refractivity contribution in [3.8, 4) is 11.1 Å². The van der Waals surface area contributed by atoms with Gasteiger partial charge in [0.25, 0.3) is 0 Å². The molecule has 3 aromatic heterocycles. The molecule has 41 heavy (non-hydrogen) atoms. The maximum absolute atomic E-state index is 14.8. The van der Waals surface area contributed by atoms with Gasteiger partial charge in [0.15, 0.2) is 0 Å². The third-order valence-corrected chi connectivity index (χ3v) is 7.63. The fourth-order valence-corrected chi connectivity index (χ4v) is 5.65. The Bertz CT molecular complexity index is 1870. The number of aromatic nitrogens is 3. The second-order valence-corrected chi connectivity index (χ2v) is 10.1. The Morgan fingerprint density at radius 1 is 1.12 bits per heavy atom. The molecule has 2 N–H and O–H groups in total. The zero-order valence-corrected chi connectivity index (χ0v) is 22.2. The number of benzene rings is 2. The average Bonchev–Trinajstić information content (AvgIpc) is 3.45. The van der Waals surface area contributed by atoms with Crippen molar-refractivity contribution in [2.75, 3.05) is 31.3 Å². The first-order valence-corrected chi connectivity index (χ1v) is 12.6. The highest BCUT2D eigenvalue weighted by atomic mass is 19.4. The van der Waals surface area contributed by atoms with Gasteiger partial charge in [-0.1, -0.05) is 6.07 Å². The molecule has 0 saturated heterocycles. The monoisotopic (exact) mass is 569 g/mol. The number of ether oxygens (including phenoxy) is 1. The van der Waals surface area contributed by atoms with Crippen molar-refractivity contribution in [2.45, 2.75) is 19.2 Å². The Balaban J connectivity index is 1.68. The van der Waals surface area contributed by atoms with Crippen molar-refractivity contribution in [1.82, 2.24) is 14.0 Å². The van der Waals surface area contributed by atoms with Crippen molar-refractivity contribution >= 4 is 33.7 Å². The van der Waals surface area contributed by atoms with Crippen molar-refractivity contribution < 1.29 is 31.5 Å². The lowest BCUT2D eigenvalue weighted by atomic mass is 9.92. The largest absolute Gasteiger partial charge is 0.417 e. The van der Waals surface area contributed by atoms with Crippen molar-refractivity contribution in [1.29, 1.82) is 0 Å². The Morgan fingerprint density at radius 2 is 1.83 bits per heavy atom. The lowest BCUT2D eigenvalue weighted by molar-refractivity contribution is -0.137. The Kier molecular flexibility index (Phi) is 6.07. The Hall–Kier alpha value is -4.45. The normalized spacial score (nSPS) is 13.5. The SMILES string of the molecule is COCc1nc2c3c(c(C(F)(F)F)cc2n1C)-c1cccn2c(C(=O)c4cc(F)c(N)c(F)c4)cc(c12)CCN3C. The molecule has 0 saturated carbocycles. The summed E-state index contributed by atoms with van der Waals surface area (Å²) in [5.41, 5.74) is 5.82. The van der Waals surface area contributed by atoms with Gasteiger partial charge in [-0.2, -0.15) is 13.2 Å². The molecule has 5 aromatic rings. The molecular weight excluding hydrogens is 545 g/mol. The molecule has 4 heterocycles. The highest BCUT2D eigenvalue weighted by Gasteiger charge is 2.39.